The molecule has 1 rings (SSSR count). The zero-order valence-corrected chi connectivity index (χ0v) is 12.7. The Balaban J connectivity index is 2.58. The van der Waals surface area contributed by atoms with Gasteiger partial charge in [-0.15, -0.1) is 0 Å². The van der Waals surface area contributed by atoms with E-state index in [2.05, 4.69) is 43.0 Å². The first kappa shape index (κ1) is 15.7. The molecule has 1 unspecified atom stereocenters. The molecule has 4 heteroatoms. The molecule has 1 heterocycles. The van der Waals surface area contributed by atoms with Crippen molar-refractivity contribution in [2.24, 2.45) is 5.92 Å². The van der Waals surface area contributed by atoms with E-state index in [9.17, 15) is 0 Å². The Morgan fingerprint density at radius 1 is 1.21 bits per heavy atom. The molecule has 1 aromatic heterocycles. The van der Waals surface area contributed by atoms with Crippen LogP contribution in [-0.2, 0) is 6.42 Å². The van der Waals surface area contributed by atoms with Crippen LogP contribution < -0.4 is 11.1 Å². The smallest absolute Gasteiger partial charge is 0.134 e. The average molecular weight is 264 g/mol. The fraction of sp³-hybridized carbons (Fsp3) is 0.733. The number of nitrogens with two attached hydrogens (primary N) is 1. The van der Waals surface area contributed by atoms with Crippen LogP contribution in [0.25, 0.3) is 0 Å². The summed E-state index contributed by atoms with van der Waals surface area (Å²) in [5.41, 5.74) is 6.99. The summed E-state index contributed by atoms with van der Waals surface area (Å²) in [4.78, 5) is 8.42. The van der Waals surface area contributed by atoms with Gasteiger partial charge in [-0.3, -0.25) is 0 Å². The minimum atomic E-state index is 0.420. The van der Waals surface area contributed by atoms with E-state index in [1.54, 1.807) is 0 Å². The van der Waals surface area contributed by atoms with Gasteiger partial charge in [-0.25, -0.2) is 9.97 Å². The van der Waals surface area contributed by atoms with Gasteiger partial charge < -0.3 is 11.1 Å². The van der Waals surface area contributed by atoms with Crippen LogP contribution in [0.2, 0.25) is 0 Å². The highest BCUT2D eigenvalue weighted by Crippen LogP contribution is 2.21. The van der Waals surface area contributed by atoms with Crippen molar-refractivity contribution in [2.45, 2.75) is 65.8 Å². The second-order valence-corrected chi connectivity index (χ2v) is 5.71. The lowest BCUT2D eigenvalue weighted by atomic mass is 10.0. The van der Waals surface area contributed by atoms with Crippen molar-refractivity contribution in [1.82, 2.24) is 9.97 Å². The van der Waals surface area contributed by atoms with E-state index in [4.69, 9.17) is 5.73 Å². The monoisotopic (exact) mass is 264 g/mol. The van der Waals surface area contributed by atoms with Gasteiger partial charge in [-0.05, 0) is 25.7 Å². The first-order valence-corrected chi connectivity index (χ1v) is 7.40. The number of aromatic nitrogens is 2. The molecule has 0 saturated carbocycles. The Morgan fingerprint density at radius 3 is 2.58 bits per heavy atom. The maximum atomic E-state index is 5.93. The van der Waals surface area contributed by atoms with Gasteiger partial charge >= 0.3 is 0 Å². The Labute approximate surface area is 117 Å². The fourth-order valence-corrected chi connectivity index (χ4v) is 2.18. The standard InChI is InChI=1S/C15H28N4/c1-5-7-13-14(16)17-10-18-15(13)19-12(4)9-6-8-11(2)3/h10-12H,5-9H2,1-4H3,(H3,16,17,18,19). The van der Waals surface area contributed by atoms with Gasteiger partial charge in [-0.1, -0.05) is 40.0 Å². The SMILES string of the molecule is CCCc1c(N)ncnc1NC(C)CCCC(C)C. The van der Waals surface area contributed by atoms with Crippen molar-refractivity contribution in [3.63, 3.8) is 0 Å². The summed E-state index contributed by atoms with van der Waals surface area (Å²) in [6.45, 7) is 8.88. The second-order valence-electron chi connectivity index (χ2n) is 5.71. The Hall–Kier alpha value is -1.32. The molecule has 0 aliphatic rings. The summed E-state index contributed by atoms with van der Waals surface area (Å²) in [7, 11) is 0. The van der Waals surface area contributed by atoms with E-state index < -0.39 is 0 Å². The molecule has 0 amide bonds. The molecular weight excluding hydrogens is 236 g/mol. The summed E-state index contributed by atoms with van der Waals surface area (Å²) in [6.07, 6.45) is 7.20. The lowest BCUT2D eigenvalue weighted by Gasteiger charge is -2.18. The minimum absolute atomic E-state index is 0.420. The van der Waals surface area contributed by atoms with Crippen molar-refractivity contribution in [2.75, 3.05) is 11.1 Å². The van der Waals surface area contributed by atoms with Gasteiger partial charge in [-0.2, -0.15) is 0 Å². The van der Waals surface area contributed by atoms with Gasteiger partial charge in [0.05, 0.1) is 0 Å². The first-order valence-electron chi connectivity index (χ1n) is 7.40. The van der Waals surface area contributed by atoms with Gasteiger partial charge in [0, 0.05) is 11.6 Å². The number of rotatable bonds is 8. The second kappa shape index (κ2) is 7.97. The van der Waals surface area contributed by atoms with Crippen LogP contribution in [0.5, 0.6) is 0 Å². The Kier molecular flexibility index (Phi) is 6.60. The molecule has 0 saturated heterocycles. The number of nitrogens with one attached hydrogen (secondary N) is 1. The van der Waals surface area contributed by atoms with E-state index in [0.717, 1.165) is 36.6 Å². The van der Waals surface area contributed by atoms with Crippen LogP contribution in [0.15, 0.2) is 6.33 Å². The van der Waals surface area contributed by atoms with E-state index in [0.29, 0.717) is 11.9 Å². The first-order chi connectivity index (χ1) is 9.04. The molecule has 3 N–H and O–H groups in total. The molecule has 0 aliphatic heterocycles. The molecule has 0 spiro atoms. The molecule has 0 aliphatic carbocycles. The number of hydrogen-bond donors (Lipinski definition) is 2. The largest absolute Gasteiger partial charge is 0.383 e. The summed E-state index contributed by atoms with van der Waals surface area (Å²) < 4.78 is 0. The number of anilines is 2. The van der Waals surface area contributed by atoms with Gasteiger partial charge in [0.25, 0.3) is 0 Å². The van der Waals surface area contributed by atoms with Crippen LogP contribution in [0.3, 0.4) is 0 Å². The molecule has 0 fully saturated rings. The summed E-state index contributed by atoms with van der Waals surface area (Å²) >= 11 is 0. The fourth-order valence-electron chi connectivity index (χ4n) is 2.18. The van der Waals surface area contributed by atoms with Crippen LogP contribution in [0.4, 0.5) is 11.6 Å². The zero-order chi connectivity index (χ0) is 14.3. The molecule has 4 nitrogen and oxygen atoms in total. The molecule has 0 radical (unpaired) electrons. The van der Waals surface area contributed by atoms with E-state index in [-0.39, 0.29) is 0 Å². The number of nitrogens with zero attached hydrogens (tertiary/aromatic N) is 2. The predicted molar refractivity (Wildman–Crippen MR) is 82.2 cm³/mol. The van der Waals surface area contributed by atoms with Crippen molar-refractivity contribution >= 4 is 11.6 Å². The highest BCUT2D eigenvalue weighted by atomic mass is 15.1. The lowest BCUT2D eigenvalue weighted by molar-refractivity contribution is 0.519. The third-order valence-electron chi connectivity index (χ3n) is 3.28. The molecule has 0 bridgehead atoms. The highest BCUT2D eigenvalue weighted by Gasteiger charge is 2.11. The van der Waals surface area contributed by atoms with Crippen molar-refractivity contribution in [3.05, 3.63) is 11.9 Å². The topological polar surface area (TPSA) is 63.8 Å². The third-order valence-corrected chi connectivity index (χ3v) is 3.28. The van der Waals surface area contributed by atoms with Gasteiger partial charge in [0.2, 0.25) is 0 Å². The molecule has 0 aromatic carbocycles. The maximum absolute atomic E-state index is 5.93. The highest BCUT2D eigenvalue weighted by molar-refractivity contribution is 5.55. The average Bonchev–Trinajstić information content (AvgIpc) is 2.33. The van der Waals surface area contributed by atoms with Crippen LogP contribution in [0, 0.1) is 5.92 Å². The normalized spacial score (nSPS) is 12.7. The maximum Gasteiger partial charge on any atom is 0.134 e. The van der Waals surface area contributed by atoms with E-state index >= 15 is 0 Å². The zero-order valence-electron chi connectivity index (χ0n) is 12.7. The van der Waals surface area contributed by atoms with Crippen molar-refractivity contribution in [1.29, 1.82) is 0 Å². The van der Waals surface area contributed by atoms with Crippen molar-refractivity contribution in [3.8, 4) is 0 Å². The molecular formula is C15H28N4. The Morgan fingerprint density at radius 2 is 1.95 bits per heavy atom. The van der Waals surface area contributed by atoms with Crippen molar-refractivity contribution < 1.29 is 0 Å². The molecule has 1 atom stereocenters. The predicted octanol–water partition coefficient (Wildman–Crippen LogP) is 3.64. The van der Waals surface area contributed by atoms with Crippen LogP contribution in [0.1, 0.15) is 58.9 Å². The Bertz CT molecular complexity index is 376. The summed E-state index contributed by atoms with van der Waals surface area (Å²) in [6, 6.07) is 0.420. The number of hydrogen-bond acceptors (Lipinski definition) is 4. The molecule has 19 heavy (non-hydrogen) atoms. The quantitative estimate of drug-likeness (QED) is 0.752. The molecule has 108 valence electrons. The summed E-state index contributed by atoms with van der Waals surface area (Å²) in [5, 5.41) is 3.48. The third kappa shape index (κ3) is 5.45. The van der Waals surface area contributed by atoms with E-state index in [1.165, 1.54) is 19.2 Å². The number of nitrogen functional groups attached to an aromatic ring is 1. The van der Waals surface area contributed by atoms with Gasteiger partial charge in [0.1, 0.15) is 18.0 Å². The van der Waals surface area contributed by atoms with Crippen LogP contribution in [-0.4, -0.2) is 16.0 Å². The lowest BCUT2D eigenvalue weighted by Crippen LogP contribution is -2.18. The minimum Gasteiger partial charge on any atom is -0.383 e. The van der Waals surface area contributed by atoms with Gasteiger partial charge in [0.15, 0.2) is 0 Å². The van der Waals surface area contributed by atoms with E-state index in [1.807, 2.05) is 0 Å². The molecule has 1 aromatic rings. The summed E-state index contributed by atoms with van der Waals surface area (Å²) in [5.74, 6) is 2.29. The van der Waals surface area contributed by atoms with Crippen LogP contribution >= 0.6 is 0 Å².